The first-order valence-corrected chi connectivity index (χ1v) is 5.93. The van der Waals surface area contributed by atoms with Crippen LogP contribution in [0.4, 0.5) is 15.8 Å². The maximum Gasteiger partial charge on any atom is 0.237 e. The van der Waals surface area contributed by atoms with Crippen molar-refractivity contribution < 1.29 is 4.39 Å². The molecule has 0 unspecified atom stereocenters. The number of nitrogens with zero attached hydrogens (tertiary/aromatic N) is 4. The van der Waals surface area contributed by atoms with Crippen LogP contribution in [0.1, 0.15) is 12.8 Å². The molecule has 0 atom stereocenters. The van der Waals surface area contributed by atoms with Gasteiger partial charge in [-0.15, -0.1) is 0 Å². The smallest absolute Gasteiger partial charge is 0.237 e. The third-order valence-electron chi connectivity index (χ3n) is 2.90. The molecule has 0 bridgehead atoms. The molecule has 1 saturated heterocycles. The van der Waals surface area contributed by atoms with Gasteiger partial charge in [0.05, 0.1) is 11.4 Å². The summed E-state index contributed by atoms with van der Waals surface area (Å²) in [7, 11) is 0. The topological polar surface area (TPSA) is 75.2 Å². The van der Waals surface area contributed by atoms with E-state index < -0.39 is 0 Å². The van der Waals surface area contributed by atoms with Gasteiger partial charge in [0.2, 0.25) is 5.71 Å². The Morgan fingerprint density at radius 3 is 2.53 bits per heavy atom. The predicted octanol–water partition coefficient (Wildman–Crippen LogP) is 2.24. The molecule has 5 nitrogen and oxygen atoms in total. The van der Waals surface area contributed by atoms with Crippen molar-refractivity contribution in [3.8, 4) is 12.1 Å². The molecule has 1 fully saturated rings. The van der Waals surface area contributed by atoms with E-state index in [2.05, 4.69) is 10.5 Å². The zero-order valence-corrected chi connectivity index (χ0v) is 10.2. The Hall–Kier alpha value is -2.60. The lowest BCUT2D eigenvalue weighted by atomic mass is 10.2. The summed E-state index contributed by atoms with van der Waals surface area (Å²) in [4.78, 5) is 2.00. The second-order valence-electron chi connectivity index (χ2n) is 4.16. The third-order valence-corrected chi connectivity index (χ3v) is 2.90. The summed E-state index contributed by atoms with van der Waals surface area (Å²) in [5.41, 5.74) is 3.17. The minimum atomic E-state index is -0.336. The summed E-state index contributed by atoms with van der Waals surface area (Å²) in [5, 5.41) is 20.6. The number of hydrogen-bond donors (Lipinski definition) is 1. The number of anilines is 2. The molecule has 2 rings (SSSR count). The van der Waals surface area contributed by atoms with Crippen LogP contribution in [0.25, 0.3) is 0 Å². The van der Waals surface area contributed by atoms with Crippen LogP contribution >= 0.6 is 0 Å². The van der Waals surface area contributed by atoms with Crippen LogP contribution in [0.5, 0.6) is 0 Å². The van der Waals surface area contributed by atoms with Gasteiger partial charge in [-0.2, -0.15) is 15.6 Å². The standard InChI is InChI=1S/C13H12FN5/c14-12-7-10(17-18-11(8-15)9-16)3-4-13(12)19-5-1-2-6-19/h3-4,7,17H,1-2,5-6H2. The largest absolute Gasteiger partial charge is 0.369 e. The maximum absolute atomic E-state index is 13.9. The van der Waals surface area contributed by atoms with E-state index in [-0.39, 0.29) is 11.5 Å². The molecule has 1 heterocycles. The highest BCUT2D eigenvalue weighted by molar-refractivity contribution is 6.10. The normalized spacial score (nSPS) is 13.5. The van der Waals surface area contributed by atoms with E-state index >= 15 is 0 Å². The van der Waals surface area contributed by atoms with E-state index in [9.17, 15) is 4.39 Å². The Balaban J connectivity index is 2.13. The van der Waals surface area contributed by atoms with Gasteiger partial charge in [-0.05, 0) is 25.0 Å². The van der Waals surface area contributed by atoms with Crippen LogP contribution < -0.4 is 10.3 Å². The van der Waals surface area contributed by atoms with Gasteiger partial charge >= 0.3 is 0 Å². The highest BCUT2D eigenvalue weighted by Gasteiger charge is 2.16. The van der Waals surface area contributed by atoms with Crippen molar-refractivity contribution in [1.29, 1.82) is 10.5 Å². The van der Waals surface area contributed by atoms with Crippen LogP contribution in [0, 0.1) is 28.5 Å². The quantitative estimate of drug-likeness (QED) is 0.665. The molecule has 0 radical (unpaired) electrons. The van der Waals surface area contributed by atoms with Crippen LogP contribution in [-0.4, -0.2) is 18.8 Å². The van der Waals surface area contributed by atoms with Crippen molar-refractivity contribution in [2.75, 3.05) is 23.4 Å². The van der Waals surface area contributed by atoms with Crippen molar-refractivity contribution in [3.05, 3.63) is 24.0 Å². The molecule has 0 amide bonds. The van der Waals surface area contributed by atoms with Gasteiger partial charge in [0.15, 0.2) is 0 Å². The number of hydrogen-bond acceptors (Lipinski definition) is 5. The molecule has 19 heavy (non-hydrogen) atoms. The van der Waals surface area contributed by atoms with Gasteiger partial charge in [0.25, 0.3) is 0 Å². The average molecular weight is 257 g/mol. The highest BCUT2D eigenvalue weighted by Crippen LogP contribution is 2.25. The summed E-state index contributed by atoms with van der Waals surface area (Å²) in [5.74, 6) is -0.336. The number of nitrogens with one attached hydrogen (secondary N) is 1. The first kappa shape index (κ1) is 12.8. The molecule has 0 aromatic heterocycles. The Bertz CT molecular complexity index is 560. The van der Waals surface area contributed by atoms with E-state index in [1.807, 2.05) is 4.90 Å². The molecule has 6 heteroatoms. The maximum atomic E-state index is 13.9. The fourth-order valence-corrected chi connectivity index (χ4v) is 1.99. The van der Waals surface area contributed by atoms with Crippen molar-refractivity contribution in [1.82, 2.24) is 0 Å². The zero-order valence-electron chi connectivity index (χ0n) is 10.2. The van der Waals surface area contributed by atoms with Crippen LogP contribution in [0.2, 0.25) is 0 Å². The Morgan fingerprint density at radius 1 is 1.26 bits per heavy atom. The molecule has 1 aromatic rings. The first-order chi connectivity index (χ1) is 9.24. The van der Waals surface area contributed by atoms with Gasteiger partial charge in [-0.25, -0.2) is 4.39 Å². The Labute approximate surface area is 110 Å². The van der Waals surface area contributed by atoms with E-state index in [0.29, 0.717) is 11.4 Å². The summed E-state index contributed by atoms with van der Waals surface area (Å²) in [6, 6.07) is 7.89. The first-order valence-electron chi connectivity index (χ1n) is 5.93. The predicted molar refractivity (Wildman–Crippen MR) is 70.1 cm³/mol. The van der Waals surface area contributed by atoms with Gasteiger partial charge in [-0.1, -0.05) is 0 Å². The van der Waals surface area contributed by atoms with Gasteiger partial charge in [0, 0.05) is 19.2 Å². The monoisotopic (exact) mass is 257 g/mol. The second-order valence-corrected chi connectivity index (χ2v) is 4.16. The molecular weight excluding hydrogens is 245 g/mol. The van der Waals surface area contributed by atoms with Crippen molar-refractivity contribution in [2.45, 2.75) is 12.8 Å². The number of halogens is 1. The minimum absolute atomic E-state index is 0.302. The Morgan fingerprint density at radius 2 is 1.95 bits per heavy atom. The molecular formula is C13H12FN5. The lowest BCUT2D eigenvalue weighted by Crippen LogP contribution is -2.18. The van der Waals surface area contributed by atoms with E-state index in [1.165, 1.54) is 6.07 Å². The molecule has 96 valence electrons. The third kappa shape index (κ3) is 2.99. The van der Waals surface area contributed by atoms with Crippen LogP contribution in [-0.2, 0) is 0 Å². The average Bonchev–Trinajstić information content (AvgIpc) is 2.94. The molecule has 1 aliphatic rings. The molecule has 0 spiro atoms. The number of benzene rings is 1. The van der Waals surface area contributed by atoms with Gasteiger partial charge < -0.3 is 4.90 Å². The zero-order chi connectivity index (χ0) is 13.7. The molecule has 1 aliphatic heterocycles. The molecule has 0 aliphatic carbocycles. The number of nitriles is 2. The molecule has 1 aromatic carbocycles. The lowest BCUT2D eigenvalue weighted by Gasteiger charge is -2.18. The fourth-order valence-electron chi connectivity index (χ4n) is 1.99. The highest BCUT2D eigenvalue weighted by atomic mass is 19.1. The SMILES string of the molecule is N#CC(C#N)=NNc1ccc(N2CCCC2)c(F)c1. The summed E-state index contributed by atoms with van der Waals surface area (Å²) < 4.78 is 13.9. The van der Waals surface area contributed by atoms with E-state index in [4.69, 9.17) is 10.5 Å². The molecule has 0 saturated carbocycles. The van der Waals surface area contributed by atoms with Crippen molar-refractivity contribution in [3.63, 3.8) is 0 Å². The van der Waals surface area contributed by atoms with Crippen molar-refractivity contribution >= 4 is 17.1 Å². The molecule has 1 N–H and O–H groups in total. The summed E-state index contributed by atoms with van der Waals surface area (Å²) >= 11 is 0. The van der Waals surface area contributed by atoms with Crippen LogP contribution in [0.3, 0.4) is 0 Å². The van der Waals surface area contributed by atoms with Crippen LogP contribution in [0.15, 0.2) is 23.3 Å². The number of rotatable bonds is 3. The Kier molecular flexibility index (Phi) is 3.94. The minimum Gasteiger partial charge on any atom is -0.369 e. The summed E-state index contributed by atoms with van der Waals surface area (Å²) in [6.07, 6.45) is 2.16. The second kappa shape index (κ2) is 5.83. The van der Waals surface area contributed by atoms with E-state index in [0.717, 1.165) is 25.9 Å². The number of hydrazone groups is 1. The lowest BCUT2D eigenvalue weighted by molar-refractivity contribution is 0.623. The summed E-state index contributed by atoms with van der Waals surface area (Å²) in [6.45, 7) is 1.74. The van der Waals surface area contributed by atoms with E-state index in [1.54, 1.807) is 24.3 Å². The van der Waals surface area contributed by atoms with Gasteiger partial charge in [-0.3, -0.25) is 5.43 Å². The fraction of sp³-hybridized carbons (Fsp3) is 0.308. The van der Waals surface area contributed by atoms with Crippen molar-refractivity contribution in [2.24, 2.45) is 5.10 Å². The van der Waals surface area contributed by atoms with Gasteiger partial charge in [0.1, 0.15) is 18.0 Å².